The maximum atomic E-state index is 12.1. The van der Waals surface area contributed by atoms with Crippen molar-refractivity contribution < 1.29 is 14.3 Å². The van der Waals surface area contributed by atoms with Gasteiger partial charge in [-0.2, -0.15) is 0 Å². The highest BCUT2D eigenvalue weighted by molar-refractivity contribution is 5.95. The summed E-state index contributed by atoms with van der Waals surface area (Å²) in [6.07, 6.45) is 1.84. The monoisotopic (exact) mass is 338 g/mol. The van der Waals surface area contributed by atoms with Crippen LogP contribution in [0.3, 0.4) is 0 Å². The lowest BCUT2D eigenvalue weighted by molar-refractivity contribution is -0.118. The van der Waals surface area contributed by atoms with Crippen LogP contribution in [-0.4, -0.2) is 25.0 Å². The summed E-state index contributed by atoms with van der Waals surface area (Å²) in [6.45, 7) is 4.23. The Hall–Kier alpha value is -2.82. The molecular weight excluding hydrogens is 316 g/mol. The average Bonchev–Trinajstić information content (AvgIpc) is 2.60. The van der Waals surface area contributed by atoms with Crippen LogP contribution in [0.5, 0.6) is 5.75 Å². The maximum Gasteiger partial charge on any atom is 0.262 e. The topological polar surface area (TPSA) is 58.6 Å². The van der Waals surface area contributed by atoms with Crippen molar-refractivity contribution in [3.05, 3.63) is 53.6 Å². The number of ether oxygens (including phenoxy) is 1. The van der Waals surface area contributed by atoms with Gasteiger partial charge in [0.2, 0.25) is 5.91 Å². The van der Waals surface area contributed by atoms with Gasteiger partial charge in [0.1, 0.15) is 5.75 Å². The lowest BCUT2D eigenvalue weighted by atomic mass is 10.0. The van der Waals surface area contributed by atoms with E-state index in [1.165, 1.54) is 0 Å². The van der Waals surface area contributed by atoms with Crippen molar-refractivity contribution in [3.63, 3.8) is 0 Å². The van der Waals surface area contributed by atoms with Crippen LogP contribution in [0.4, 0.5) is 11.4 Å². The summed E-state index contributed by atoms with van der Waals surface area (Å²) in [5.74, 6) is 0.548. The number of amides is 2. The van der Waals surface area contributed by atoms with Crippen molar-refractivity contribution in [3.8, 4) is 5.75 Å². The minimum Gasteiger partial charge on any atom is -0.483 e. The number of hydrogen-bond acceptors (Lipinski definition) is 3. The lowest BCUT2D eigenvalue weighted by Gasteiger charge is -2.29. The van der Waals surface area contributed by atoms with Crippen molar-refractivity contribution in [1.82, 2.24) is 0 Å². The number of nitrogens with zero attached hydrogens (tertiary/aromatic N) is 1. The molecule has 1 N–H and O–H groups in total. The van der Waals surface area contributed by atoms with Gasteiger partial charge >= 0.3 is 0 Å². The summed E-state index contributed by atoms with van der Waals surface area (Å²) in [7, 11) is 0. The number of hydrogen-bond donors (Lipinski definition) is 1. The molecule has 2 aromatic carbocycles. The fraction of sp³-hybridized carbons (Fsp3) is 0.300. The summed E-state index contributed by atoms with van der Waals surface area (Å²) in [5.41, 5.74) is 3.74. The van der Waals surface area contributed by atoms with Crippen LogP contribution in [0.15, 0.2) is 42.5 Å². The largest absolute Gasteiger partial charge is 0.483 e. The van der Waals surface area contributed by atoms with Crippen LogP contribution in [0.25, 0.3) is 0 Å². The quantitative estimate of drug-likeness (QED) is 0.930. The van der Waals surface area contributed by atoms with Crippen LogP contribution < -0.4 is 15.0 Å². The molecule has 0 bridgehead atoms. The molecule has 2 amide bonds. The molecule has 2 aromatic rings. The molecule has 0 spiro atoms. The van der Waals surface area contributed by atoms with Crippen molar-refractivity contribution in [1.29, 1.82) is 0 Å². The zero-order valence-electron chi connectivity index (χ0n) is 14.5. The van der Waals surface area contributed by atoms with Crippen molar-refractivity contribution in [2.75, 3.05) is 23.4 Å². The Bertz CT molecular complexity index is 801. The van der Waals surface area contributed by atoms with Gasteiger partial charge in [-0.15, -0.1) is 0 Å². The molecule has 3 rings (SSSR count). The summed E-state index contributed by atoms with van der Waals surface area (Å²) < 4.78 is 5.57. The van der Waals surface area contributed by atoms with E-state index in [1.807, 2.05) is 49.4 Å². The van der Waals surface area contributed by atoms with Gasteiger partial charge in [0.05, 0.1) is 0 Å². The van der Waals surface area contributed by atoms with E-state index in [-0.39, 0.29) is 18.4 Å². The van der Waals surface area contributed by atoms with E-state index in [0.29, 0.717) is 5.75 Å². The Morgan fingerprint density at radius 1 is 1.20 bits per heavy atom. The molecule has 0 radical (unpaired) electrons. The first kappa shape index (κ1) is 17.0. The molecule has 0 saturated heterocycles. The normalized spacial score (nSPS) is 13.1. The van der Waals surface area contributed by atoms with Crippen LogP contribution >= 0.6 is 0 Å². The number of aryl methyl sites for hydroxylation is 2. The van der Waals surface area contributed by atoms with E-state index in [0.717, 1.165) is 41.9 Å². The van der Waals surface area contributed by atoms with Crippen LogP contribution in [-0.2, 0) is 16.0 Å². The first-order chi connectivity index (χ1) is 12.0. The van der Waals surface area contributed by atoms with Gasteiger partial charge in [-0.1, -0.05) is 18.2 Å². The van der Waals surface area contributed by atoms with Crippen molar-refractivity contribution >= 4 is 23.2 Å². The molecule has 1 heterocycles. The van der Waals surface area contributed by atoms with Crippen molar-refractivity contribution in [2.45, 2.75) is 26.7 Å². The predicted octanol–water partition coefficient (Wildman–Crippen LogP) is 3.31. The molecule has 0 unspecified atom stereocenters. The fourth-order valence-electron chi connectivity index (χ4n) is 3.06. The molecule has 1 aliphatic heterocycles. The van der Waals surface area contributed by atoms with E-state index in [2.05, 4.69) is 5.32 Å². The third-order valence-electron chi connectivity index (χ3n) is 4.31. The lowest BCUT2D eigenvalue weighted by Crippen LogP contribution is -2.33. The zero-order valence-corrected chi connectivity index (χ0v) is 14.5. The van der Waals surface area contributed by atoms with Crippen LogP contribution in [0.1, 0.15) is 24.5 Å². The van der Waals surface area contributed by atoms with Gasteiger partial charge in [0, 0.05) is 24.8 Å². The smallest absolute Gasteiger partial charge is 0.262 e. The Morgan fingerprint density at radius 3 is 2.76 bits per heavy atom. The van der Waals surface area contributed by atoms with Gasteiger partial charge in [0.15, 0.2) is 6.61 Å². The van der Waals surface area contributed by atoms with E-state index in [1.54, 1.807) is 11.8 Å². The number of carbonyl (C=O) groups excluding carboxylic acids is 2. The molecular formula is C20H22N2O3. The molecule has 0 aromatic heterocycles. The molecule has 130 valence electrons. The number of fused-ring (bicyclic) bond motifs is 1. The molecule has 5 heteroatoms. The van der Waals surface area contributed by atoms with Crippen molar-refractivity contribution in [2.24, 2.45) is 0 Å². The summed E-state index contributed by atoms with van der Waals surface area (Å²) in [4.78, 5) is 25.6. The van der Waals surface area contributed by atoms with Crippen LogP contribution in [0.2, 0.25) is 0 Å². The molecule has 0 aliphatic carbocycles. The third-order valence-corrected chi connectivity index (χ3v) is 4.31. The van der Waals surface area contributed by atoms with Crippen LogP contribution in [0, 0.1) is 6.92 Å². The zero-order chi connectivity index (χ0) is 17.8. The SMILES string of the molecule is CC(=O)N1CCCc2cc(NC(=O)COc3ccccc3C)ccc21. The summed E-state index contributed by atoms with van der Waals surface area (Å²) >= 11 is 0. The molecule has 0 fully saturated rings. The highest BCUT2D eigenvalue weighted by Crippen LogP contribution is 2.29. The molecule has 0 saturated carbocycles. The minimum absolute atomic E-state index is 0.0402. The molecule has 0 atom stereocenters. The number of nitrogens with one attached hydrogen (secondary N) is 1. The Balaban J connectivity index is 1.64. The highest BCUT2D eigenvalue weighted by Gasteiger charge is 2.20. The highest BCUT2D eigenvalue weighted by atomic mass is 16.5. The number of carbonyl (C=O) groups is 2. The standard InChI is InChI=1S/C20H22N2O3/c1-14-6-3-4-8-19(14)25-13-20(24)21-17-9-10-18-16(12-17)7-5-11-22(18)15(2)23/h3-4,6,8-10,12H,5,7,11,13H2,1-2H3,(H,21,24). The molecule has 1 aliphatic rings. The number of para-hydroxylation sites is 1. The number of benzene rings is 2. The summed E-state index contributed by atoms with van der Waals surface area (Å²) in [5, 5.41) is 2.86. The second-order valence-corrected chi connectivity index (χ2v) is 6.22. The van der Waals surface area contributed by atoms with Gasteiger partial charge in [-0.05, 0) is 55.2 Å². The number of anilines is 2. The molecule has 25 heavy (non-hydrogen) atoms. The molecule has 5 nitrogen and oxygen atoms in total. The summed E-state index contributed by atoms with van der Waals surface area (Å²) in [6, 6.07) is 13.3. The van der Waals surface area contributed by atoms with E-state index >= 15 is 0 Å². The second-order valence-electron chi connectivity index (χ2n) is 6.22. The Kier molecular flexibility index (Phi) is 5.03. The van der Waals surface area contributed by atoms with E-state index in [4.69, 9.17) is 4.74 Å². The fourth-order valence-corrected chi connectivity index (χ4v) is 3.06. The first-order valence-corrected chi connectivity index (χ1v) is 8.44. The van der Waals surface area contributed by atoms with E-state index < -0.39 is 0 Å². The third kappa shape index (κ3) is 3.99. The van der Waals surface area contributed by atoms with Gasteiger partial charge in [-0.25, -0.2) is 0 Å². The van der Waals surface area contributed by atoms with Gasteiger partial charge in [-0.3, -0.25) is 9.59 Å². The number of rotatable bonds is 4. The maximum absolute atomic E-state index is 12.1. The van der Waals surface area contributed by atoms with Gasteiger partial charge < -0.3 is 15.0 Å². The predicted molar refractivity (Wildman–Crippen MR) is 98.1 cm³/mol. The Labute approximate surface area is 147 Å². The first-order valence-electron chi connectivity index (χ1n) is 8.44. The van der Waals surface area contributed by atoms with Gasteiger partial charge in [0.25, 0.3) is 5.91 Å². The van der Waals surface area contributed by atoms with E-state index in [9.17, 15) is 9.59 Å². The second kappa shape index (κ2) is 7.38. The average molecular weight is 338 g/mol. The Morgan fingerprint density at radius 2 is 2.00 bits per heavy atom. The minimum atomic E-state index is -0.206.